The highest BCUT2D eigenvalue weighted by molar-refractivity contribution is 6.30. The second-order valence-electron chi connectivity index (χ2n) is 8.05. The number of hydrogen-bond acceptors (Lipinski definition) is 5. The first-order chi connectivity index (χ1) is 15.0. The van der Waals surface area contributed by atoms with Crippen molar-refractivity contribution in [1.29, 1.82) is 0 Å². The minimum Gasteiger partial charge on any atom is -0.441 e. The first kappa shape index (κ1) is 19.8. The Morgan fingerprint density at radius 1 is 1.16 bits per heavy atom. The van der Waals surface area contributed by atoms with Gasteiger partial charge in [-0.15, -0.1) is 0 Å². The Kier molecular flexibility index (Phi) is 5.04. The van der Waals surface area contributed by atoms with Crippen molar-refractivity contribution in [3.63, 3.8) is 0 Å². The average Bonchev–Trinajstić information content (AvgIpc) is 3.35. The lowest BCUT2D eigenvalue weighted by Crippen LogP contribution is -2.47. The van der Waals surface area contributed by atoms with Gasteiger partial charge >= 0.3 is 0 Å². The van der Waals surface area contributed by atoms with Gasteiger partial charge in [-0.2, -0.15) is 0 Å². The van der Waals surface area contributed by atoms with E-state index >= 15 is 0 Å². The number of aryl methyl sites for hydroxylation is 2. The molecule has 1 N–H and O–H groups in total. The first-order valence-corrected chi connectivity index (χ1v) is 10.7. The van der Waals surface area contributed by atoms with E-state index in [1.165, 1.54) is 11.1 Å². The molecule has 5 rings (SSSR count). The van der Waals surface area contributed by atoms with Gasteiger partial charge in [-0.25, -0.2) is 10.4 Å². The Labute approximate surface area is 186 Å². The Balaban J connectivity index is 1.32. The number of fused-ring (bicyclic) bond motifs is 1. The van der Waals surface area contributed by atoms with Crippen molar-refractivity contribution in [3.8, 4) is 11.5 Å². The zero-order chi connectivity index (χ0) is 21.5. The van der Waals surface area contributed by atoms with Gasteiger partial charge in [0.1, 0.15) is 17.5 Å². The molecular formula is C24H23ClN4O2. The van der Waals surface area contributed by atoms with E-state index in [0.29, 0.717) is 29.6 Å². The maximum atomic E-state index is 13.2. The van der Waals surface area contributed by atoms with E-state index in [1.807, 2.05) is 42.4 Å². The number of rotatable bonds is 4. The lowest BCUT2D eigenvalue weighted by atomic mass is 10.00. The molecule has 1 fully saturated rings. The Hall–Kier alpha value is -3.09. The maximum Gasteiger partial charge on any atom is 0.251 e. The molecule has 1 saturated heterocycles. The van der Waals surface area contributed by atoms with Crippen molar-refractivity contribution >= 4 is 17.5 Å². The second-order valence-corrected chi connectivity index (χ2v) is 8.48. The van der Waals surface area contributed by atoms with Crippen molar-refractivity contribution < 1.29 is 9.21 Å². The molecular weight excluding hydrogens is 412 g/mol. The molecule has 158 valence electrons. The Bertz CT molecular complexity index is 1150. The molecule has 6 nitrogen and oxygen atoms in total. The summed E-state index contributed by atoms with van der Waals surface area (Å²) in [6, 6.07) is 15.7. The summed E-state index contributed by atoms with van der Waals surface area (Å²) in [6.07, 6.45) is 4.44. The molecule has 0 aliphatic carbocycles. The van der Waals surface area contributed by atoms with Crippen LogP contribution < -0.4 is 5.43 Å². The molecule has 0 saturated carbocycles. The fraction of sp³-hybridized carbons (Fsp3) is 0.250. The van der Waals surface area contributed by atoms with Crippen LogP contribution in [0.15, 0.2) is 65.3 Å². The molecule has 31 heavy (non-hydrogen) atoms. The molecule has 3 heterocycles. The molecule has 1 amide bonds. The number of carbonyl (C=O) groups is 1. The minimum atomic E-state index is -0.240. The predicted octanol–water partition coefficient (Wildman–Crippen LogP) is 4.75. The number of hydrazine groups is 1. The summed E-state index contributed by atoms with van der Waals surface area (Å²) in [5, 5.41) is 2.54. The second kappa shape index (κ2) is 7.87. The number of nitrogens with zero attached hydrogens (tertiary/aromatic N) is 3. The van der Waals surface area contributed by atoms with Gasteiger partial charge in [0.2, 0.25) is 5.89 Å². The number of carbonyl (C=O) groups excluding carboxylic acids is 1. The lowest BCUT2D eigenvalue weighted by molar-refractivity contribution is -0.135. The predicted molar refractivity (Wildman–Crippen MR) is 119 cm³/mol. The summed E-state index contributed by atoms with van der Waals surface area (Å²) in [4.78, 5) is 19.5. The van der Waals surface area contributed by atoms with E-state index in [-0.39, 0.29) is 18.0 Å². The molecule has 0 bridgehead atoms. The number of oxazole rings is 1. The zero-order valence-corrected chi connectivity index (χ0v) is 18.1. The van der Waals surface area contributed by atoms with Crippen LogP contribution in [-0.4, -0.2) is 26.8 Å². The number of aromatic nitrogens is 1. The zero-order valence-electron chi connectivity index (χ0n) is 17.4. The minimum absolute atomic E-state index is 0.0521. The monoisotopic (exact) mass is 434 g/mol. The van der Waals surface area contributed by atoms with Crippen molar-refractivity contribution in [3.05, 3.63) is 88.5 Å². The van der Waals surface area contributed by atoms with E-state index < -0.39 is 0 Å². The number of benzene rings is 2. The standard InChI is InChI=1S/C24H23ClN4O2/c1-15-6-8-17(9-7-15)20-13-22-24(30)28(10-11-29(22)27-20)14-21-16(2)31-23(26-21)18-4-3-5-19(25)12-18/h3-12,20,22,27H,13-14H2,1-2H3. The number of nitrogens with one attached hydrogen (secondary N) is 1. The van der Waals surface area contributed by atoms with Crippen LogP contribution in [0.1, 0.15) is 35.0 Å². The van der Waals surface area contributed by atoms with Crippen molar-refractivity contribution in [2.75, 3.05) is 0 Å². The lowest BCUT2D eigenvalue weighted by Gasteiger charge is -2.31. The van der Waals surface area contributed by atoms with E-state index in [2.05, 4.69) is 41.6 Å². The Morgan fingerprint density at radius 2 is 1.97 bits per heavy atom. The largest absolute Gasteiger partial charge is 0.441 e. The molecule has 1 aromatic heterocycles. The summed E-state index contributed by atoms with van der Waals surface area (Å²) in [6.45, 7) is 4.30. The highest BCUT2D eigenvalue weighted by atomic mass is 35.5. The summed E-state index contributed by atoms with van der Waals surface area (Å²) in [7, 11) is 0. The van der Waals surface area contributed by atoms with E-state index in [0.717, 1.165) is 11.3 Å². The number of hydrogen-bond donors (Lipinski definition) is 1. The van der Waals surface area contributed by atoms with Gasteiger partial charge in [-0.05, 0) is 44.0 Å². The number of amides is 1. The molecule has 2 unspecified atom stereocenters. The third kappa shape index (κ3) is 3.84. The van der Waals surface area contributed by atoms with Crippen LogP contribution in [0, 0.1) is 13.8 Å². The van der Waals surface area contributed by atoms with Crippen molar-refractivity contribution in [2.24, 2.45) is 0 Å². The molecule has 2 aliphatic heterocycles. The summed E-state index contributed by atoms with van der Waals surface area (Å²) >= 11 is 6.09. The first-order valence-electron chi connectivity index (χ1n) is 10.3. The van der Waals surface area contributed by atoms with E-state index in [4.69, 9.17) is 16.0 Å². The highest BCUT2D eigenvalue weighted by Crippen LogP contribution is 2.32. The molecule has 2 atom stereocenters. The highest BCUT2D eigenvalue weighted by Gasteiger charge is 2.40. The third-order valence-corrected chi connectivity index (χ3v) is 6.07. The molecule has 0 spiro atoms. The van der Waals surface area contributed by atoms with Crippen LogP contribution in [0.4, 0.5) is 0 Å². The van der Waals surface area contributed by atoms with Gasteiger partial charge in [0.05, 0.1) is 12.6 Å². The summed E-state index contributed by atoms with van der Waals surface area (Å²) < 4.78 is 5.85. The SMILES string of the molecule is Cc1ccc(C2CC3C(=O)N(Cc4nc(-c5cccc(Cl)c5)oc4C)C=CN3N2)cc1. The third-order valence-electron chi connectivity index (χ3n) is 5.84. The van der Waals surface area contributed by atoms with Crippen LogP contribution >= 0.6 is 11.6 Å². The summed E-state index contributed by atoms with van der Waals surface area (Å²) in [5.41, 5.74) is 7.40. The molecule has 0 radical (unpaired) electrons. The fourth-order valence-corrected chi connectivity index (χ4v) is 4.25. The van der Waals surface area contributed by atoms with Gasteiger partial charge < -0.3 is 14.3 Å². The number of halogens is 1. The van der Waals surface area contributed by atoms with Crippen LogP contribution in [0.3, 0.4) is 0 Å². The van der Waals surface area contributed by atoms with Gasteiger partial charge in [0, 0.05) is 23.0 Å². The molecule has 3 aromatic rings. The summed E-state index contributed by atoms with van der Waals surface area (Å²) in [5.74, 6) is 1.25. The quantitative estimate of drug-likeness (QED) is 0.642. The van der Waals surface area contributed by atoms with Gasteiger partial charge in [0.25, 0.3) is 5.91 Å². The fourth-order valence-electron chi connectivity index (χ4n) is 4.06. The maximum absolute atomic E-state index is 13.2. The van der Waals surface area contributed by atoms with Gasteiger partial charge in [-0.3, -0.25) is 4.79 Å². The molecule has 2 aromatic carbocycles. The average molecular weight is 435 g/mol. The topological polar surface area (TPSA) is 61.6 Å². The van der Waals surface area contributed by atoms with Crippen LogP contribution in [0.2, 0.25) is 5.02 Å². The normalized spacial score (nSPS) is 20.4. The van der Waals surface area contributed by atoms with Gasteiger partial charge in [-0.1, -0.05) is 47.5 Å². The van der Waals surface area contributed by atoms with Crippen LogP contribution in [0.25, 0.3) is 11.5 Å². The van der Waals surface area contributed by atoms with Crippen LogP contribution in [-0.2, 0) is 11.3 Å². The Morgan fingerprint density at radius 3 is 2.74 bits per heavy atom. The molecule has 7 heteroatoms. The van der Waals surface area contributed by atoms with E-state index in [9.17, 15) is 4.79 Å². The smallest absolute Gasteiger partial charge is 0.251 e. The van der Waals surface area contributed by atoms with Crippen LogP contribution in [0.5, 0.6) is 0 Å². The van der Waals surface area contributed by atoms with E-state index in [1.54, 1.807) is 11.1 Å². The van der Waals surface area contributed by atoms with Crippen molar-refractivity contribution in [2.45, 2.75) is 38.9 Å². The van der Waals surface area contributed by atoms with Crippen molar-refractivity contribution in [1.82, 2.24) is 20.3 Å². The van der Waals surface area contributed by atoms with Gasteiger partial charge in [0.15, 0.2) is 0 Å². The molecule has 2 aliphatic rings.